The molecule has 0 saturated carbocycles. The van der Waals surface area contributed by atoms with Crippen molar-refractivity contribution in [2.24, 2.45) is 0 Å². The van der Waals surface area contributed by atoms with E-state index in [4.69, 9.17) is 4.74 Å². The van der Waals surface area contributed by atoms with E-state index in [0.29, 0.717) is 0 Å². The Morgan fingerprint density at radius 2 is 1.94 bits per heavy atom. The Bertz CT molecular complexity index is 511. The summed E-state index contributed by atoms with van der Waals surface area (Å²) in [5.74, 6) is 0.927. The number of para-hydroxylation sites is 1. The molecule has 0 saturated heterocycles. The summed E-state index contributed by atoms with van der Waals surface area (Å²) in [7, 11) is 0. The van der Waals surface area contributed by atoms with Crippen LogP contribution >= 0.6 is 0 Å². The Morgan fingerprint density at radius 1 is 1.11 bits per heavy atom. The minimum Gasteiger partial charge on any atom is -0.482 e. The van der Waals surface area contributed by atoms with Gasteiger partial charge < -0.3 is 4.74 Å². The summed E-state index contributed by atoms with van der Waals surface area (Å²) in [6.07, 6.45) is 7.65. The van der Waals surface area contributed by atoms with Gasteiger partial charge in [0.1, 0.15) is 5.75 Å². The minimum atomic E-state index is -0.311. The van der Waals surface area contributed by atoms with Gasteiger partial charge in [0, 0.05) is 5.57 Å². The van der Waals surface area contributed by atoms with E-state index >= 15 is 0 Å². The average molecular weight is 240 g/mol. The highest BCUT2D eigenvalue weighted by atomic mass is 16.5. The molecule has 0 amide bonds. The zero-order valence-corrected chi connectivity index (χ0v) is 10.3. The van der Waals surface area contributed by atoms with Gasteiger partial charge in [-0.25, -0.2) is 0 Å². The largest absolute Gasteiger partial charge is 0.482 e. The molecular formula is C16H16O2. The van der Waals surface area contributed by atoms with Crippen LogP contribution in [-0.2, 0) is 4.79 Å². The molecule has 0 radical (unpaired) electrons. The van der Waals surface area contributed by atoms with Crippen molar-refractivity contribution in [1.82, 2.24) is 0 Å². The molecule has 0 fully saturated rings. The van der Waals surface area contributed by atoms with Crippen LogP contribution in [0.3, 0.4) is 0 Å². The van der Waals surface area contributed by atoms with Gasteiger partial charge in [-0.15, -0.1) is 0 Å². The SMILES string of the molecule is O=C1C2=C(CCC=C2)CCC1Oc1ccccc1. The first-order valence-electron chi connectivity index (χ1n) is 6.49. The lowest BCUT2D eigenvalue weighted by molar-refractivity contribution is -0.122. The van der Waals surface area contributed by atoms with Gasteiger partial charge in [0.25, 0.3) is 0 Å². The Labute approximate surface area is 107 Å². The van der Waals surface area contributed by atoms with Crippen LogP contribution in [0.5, 0.6) is 5.75 Å². The molecule has 2 heteroatoms. The van der Waals surface area contributed by atoms with Crippen LogP contribution in [0.25, 0.3) is 0 Å². The van der Waals surface area contributed by atoms with Gasteiger partial charge in [-0.2, -0.15) is 0 Å². The molecule has 0 bridgehead atoms. The van der Waals surface area contributed by atoms with E-state index in [9.17, 15) is 4.79 Å². The van der Waals surface area contributed by atoms with E-state index < -0.39 is 0 Å². The van der Waals surface area contributed by atoms with Crippen molar-refractivity contribution >= 4 is 5.78 Å². The number of hydrogen-bond donors (Lipinski definition) is 0. The lowest BCUT2D eigenvalue weighted by Crippen LogP contribution is -2.32. The number of carbonyl (C=O) groups is 1. The van der Waals surface area contributed by atoms with E-state index in [1.165, 1.54) is 5.57 Å². The summed E-state index contributed by atoms with van der Waals surface area (Å²) >= 11 is 0. The third kappa shape index (κ3) is 2.10. The fourth-order valence-electron chi connectivity index (χ4n) is 2.61. The summed E-state index contributed by atoms with van der Waals surface area (Å²) in [6, 6.07) is 9.59. The molecule has 1 aromatic carbocycles. The molecule has 1 unspecified atom stereocenters. The van der Waals surface area contributed by atoms with E-state index in [2.05, 4.69) is 6.08 Å². The Balaban J connectivity index is 1.78. The Hall–Kier alpha value is -1.83. The number of Topliss-reactive ketones (excluding diaryl/α,β-unsaturated/α-hetero) is 1. The van der Waals surface area contributed by atoms with E-state index in [0.717, 1.165) is 37.0 Å². The number of allylic oxidation sites excluding steroid dienone is 3. The van der Waals surface area contributed by atoms with Crippen LogP contribution in [0.4, 0.5) is 0 Å². The molecule has 3 rings (SSSR count). The van der Waals surface area contributed by atoms with Gasteiger partial charge in [0.05, 0.1) is 0 Å². The third-order valence-corrected chi connectivity index (χ3v) is 3.57. The molecule has 2 nitrogen and oxygen atoms in total. The van der Waals surface area contributed by atoms with Crippen molar-refractivity contribution in [2.75, 3.05) is 0 Å². The van der Waals surface area contributed by atoms with Crippen molar-refractivity contribution in [3.8, 4) is 5.75 Å². The topological polar surface area (TPSA) is 26.3 Å². The molecule has 18 heavy (non-hydrogen) atoms. The lowest BCUT2D eigenvalue weighted by Gasteiger charge is -2.27. The highest BCUT2D eigenvalue weighted by Gasteiger charge is 2.30. The van der Waals surface area contributed by atoms with Crippen molar-refractivity contribution in [2.45, 2.75) is 31.8 Å². The van der Waals surface area contributed by atoms with Crippen LogP contribution in [0.15, 0.2) is 53.6 Å². The predicted molar refractivity (Wildman–Crippen MR) is 70.5 cm³/mol. The first-order valence-corrected chi connectivity index (χ1v) is 6.49. The monoisotopic (exact) mass is 240 g/mol. The zero-order valence-electron chi connectivity index (χ0n) is 10.3. The predicted octanol–water partition coefficient (Wildman–Crippen LogP) is 3.44. The van der Waals surface area contributed by atoms with Crippen LogP contribution < -0.4 is 4.74 Å². The van der Waals surface area contributed by atoms with Crippen LogP contribution in [0, 0.1) is 0 Å². The third-order valence-electron chi connectivity index (χ3n) is 3.57. The number of benzene rings is 1. The summed E-state index contributed by atoms with van der Waals surface area (Å²) in [5.41, 5.74) is 2.21. The molecule has 0 aliphatic heterocycles. The van der Waals surface area contributed by atoms with Crippen molar-refractivity contribution < 1.29 is 9.53 Å². The fourth-order valence-corrected chi connectivity index (χ4v) is 2.61. The smallest absolute Gasteiger partial charge is 0.203 e. The highest BCUT2D eigenvalue weighted by molar-refractivity contribution is 6.03. The summed E-state index contributed by atoms with van der Waals surface area (Å²) in [5, 5.41) is 0. The Morgan fingerprint density at radius 3 is 2.78 bits per heavy atom. The highest BCUT2D eigenvalue weighted by Crippen LogP contribution is 2.31. The fraction of sp³-hybridized carbons (Fsp3) is 0.312. The van der Waals surface area contributed by atoms with Crippen LogP contribution in [-0.4, -0.2) is 11.9 Å². The second-order valence-corrected chi connectivity index (χ2v) is 4.78. The number of rotatable bonds is 2. The number of ketones is 1. The average Bonchev–Trinajstić information content (AvgIpc) is 2.43. The van der Waals surface area contributed by atoms with Gasteiger partial charge in [-0.05, 0) is 37.8 Å². The molecule has 0 heterocycles. The minimum absolute atomic E-state index is 0.149. The molecule has 2 aliphatic rings. The maximum absolute atomic E-state index is 12.3. The standard InChI is InChI=1S/C16H16O2/c17-16-14-9-5-4-6-12(14)10-11-15(16)18-13-7-2-1-3-8-13/h1-3,5,7-9,15H,4,6,10-11H2. The molecule has 92 valence electrons. The summed E-state index contributed by atoms with van der Waals surface area (Å²) in [4.78, 5) is 12.3. The van der Waals surface area contributed by atoms with Crippen LogP contribution in [0.1, 0.15) is 25.7 Å². The van der Waals surface area contributed by atoms with E-state index in [1.54, 1.807) is 0 Å². The van der Waals surface area contributed by atoms with Gasteiger partial charge in [-0.1, -0.05) is 35.9 Å². The number of ether oxygens (including phenoxy) is 1. The number of hydrogen-bond acceptors (Lipinski definition) is 2. The first kappa shape index (κ1) is 11.3. The van der Waals surface area contributed by atoms with E-state index in [1.807, 2.05) is 36.4 Å². The second-order valence-electron chi connectivity index (χ2n) is 4.78. The number of carbonyl (C=O) groups excluding carboxylic acids is 1. The molecule has 2 aliphatic carbocycles. The summed E-state index contributed by atoms with van der Waals surface area (Å²) < 4.78 is 5.80. The molecule has 0 aromatic heterocycles. The van der Waals surface area contributed by atoms with Gasteiger partial charge in [0.15, 0.2) is 6.10 Å². The van der Waals surface area contributed by atoms with Gasteiger partial charge in [-0.3, -0.25) is 4.79 Å². The molecular weight excluding hydrogens is 224 g/mol. The quantitative estimate of drug-likeness (QED) is 0.791. The van der Waals surface area contributed by atoms with E-state index in [-0.39, 0.29) is 11.9 Å². The maximum Gasteiger partial charge on any atom is 0.203 e. The molecule has 0 spiro atoms. The second kappa shape index (κ2) is 4.81. The first-order chi connectivity index (χ1) is 8.84. The van der Waals surface area contributed by atoms with Crippen molar-refractivity contribution in [1.29, 1.82) is 0 Å². The zero-order chi connectivity index (χ0) is 12.4. The normalized spacial score (nSPS) is 22.9. The molecule has 0 N–H and O–H groups in total. The van der Waals surface area contributed by atoms with Crippen LogP contribution in [0.2, 0.25) is 0 Å². The Kier molecular flexibility index (Phi) is 3.01. The van der Waals surface area contributed by atoms with Crippen molar-refractivity contribution in [3.63, 3.8) is 0 Å². The maximum atomic E-state index is 12.3. The van der Waals surface area contributed by atoms with Gasteiger partial charge in [0.2, 0.25) is 5.78 Å². The summed E-state index contributed by atoms with van der Waals surface area (Å²) in [6.45, 7) is 0. The molecule has 1 aromatic rings. The molecule has 1 atom stereocenters. The lowest BCUT2D eigenvalue weighted by atomic mass is 9.83. The van der Waals surface area contributed by atoms with Gasteiger partial charge >= 0.3 is 0 Å². The van der Waals surface area contributed by atoms with Crippen molar-refractivity contribution in [3.05, 3.63) is 53.6 Å².